The van der Waals surface area contributed by atoms with Crippen LogP contribution in [0.25, 0.3) is 0 Å². The predicted octanol–water partition coefficient (Wildman–Crippen LogP) is 2.52. The van der Waals surface area contributed by atoms with E-state index in [0.717, 1.165) is 76.0 Å². The Kier molecular flexibility index (Phi) is 7.50. The highest BCUT2D eigenvalue weighted by Crippen LogP contribution is 2.33. The Morgan fingerprint density at radius 3 is 2.66 bits per heavy atom. The van der Waals surface area contributed by atoms with Crippen molar-refractivity contribution in [3.05, 3.63) is 29.6 Å². The summed E-state index contributed by atoms with van der Waals surface area (Å²) in [6.07, 6.45) is 2.44. The number of piperazine rings is 1. The molecule has 2 fully saturated rings. The second-order valence-electron chi connectivity index (χ2n) is 9.04. The Bertz CT molecular complexity index is 880. The van der Waals surface area contributed by atoms with Gasteiger partial charge in [0, 0.05) is 39.3 Å². The number of aromatic nitrogens is 4. The number of ether oxygens (including phenoxy) is 3. The molecule has 0 N–H and O–H groups in total. The molecular formula is C22H33ClN6O3. The SMILES string of the molecule is CC(C)C(c1nnnn1CC1CCCO1)N1CCN(Cc2ccc3c(c2)OCO3)CC1.Cl. The molecule has 4 heterocycles. The minimum atomic E-state index is 0. The summed E-state index contributed by atoms with van der Waals surface area (Å²) in [4.78, 5) is 5.04. The van der Waals surface area contributed by atoms with Gasteiger partial charge in [0.2, 0.25) is 6.79 Å². The van der Waals surface area contributed by atoms with Crippen molar-refractivity contribution in [1.82, 2.24) is 30.0 Å². The van der Waals surface area contributed by atoms with Crippen LogP contribution in [0, 0.1) is 5.92 Å². The first-order valence-electron chi connectivity index (χ1n) is 11.4. The van der Waals surface area contributed by atoms with E-state index in [2.05, 4.69) is 51.3 Å². The highest BCUT2D eigenvalue weighted by atomic mass is 35.5. The summed E-state index contributed by atoms with van der Waals surface area (Å²) in [7, 11) is 0. The number of hydrogen-bond acceptors (Lipinski definition) is 8. The van der Waals surface area contributed by atoms with Gasteiger partial charge in [-0.25, -0.2) is 4.68 Å². The molecule has 0 amide bonds. The van der Waals surface area contributed by atoms with Crippen LogP contribution in [0.15, 0.2) is 18.2 Å². The molecule has 0 saturated carbocycles. The highest BCUT2D eigenvalue weighted by molar-refractivity contribution is 5.85. The fraction of sp³-hybridized carbons (Fsp3) is 0.682. The second kappa shape index (κ2) is 10.3. The molecule has 0 aliphatic carbocycles. The lowest BCUT2D eigenvalue weighted by Crippen LogP contribution is -2.48. The van der Waals surface area contributed by atoms with Crippen molar-refractivity contribution in [3.8, 4) is 11.5 Å². The van der Waals surface area contributed by atoms with Gasteiger partial charge in [0.1, 0.15) is 0 Å². The molecule has 0 spiro atoms. The van der Waals surface area contributed by atoms with Gasteiger partial charge in [-0.3, -0.25) is 9.80 Å². The zero-order chi connectivity index (χ0) is 21.2. The Morgan fingerprint density at radius 2 is 1.91 bits per heavy atom. The van der Waals surface area contributed by atoms with E-state index < -0.39 is 0 Å². The summed E-state index contributed by atoms with van der Waals surface area (Å²) >= 11 is 0. The normalized spacial score (nSPS) is 22.3. The van der Waals surface area contributed by atoms with Crippen LogP contribution >= 0.6 is 12.4 Å². The maximum absolute atomic E-state index is 5.81. The molecule has 1 aromatic heterocycles. The molecule has 10 heteroatoms. The van der Waals surface area contributed by atoms with Gasteiger partial charge in [-0.1, -0.05) is 19.9 Å². The molecule has 2 saturated heterocycles. The minimum absolute atomic E-state index is 0. The molecule has 0 radical (unpaired) electrons. The fourth-order valence-corrected chi connectivity index (χ4v) is 4.91. The van der Waals surface area contributed by atoms with Gasteiger partial charge in [0.05, 0.1) is 18.7 Å². The first-order valence-corrected chi connectivity index (χ1v) is 11.4. The van der Waals surface area contributed by atoms with Gasteiger partial charge in [0.15, 0.2) is 17.3 Å². The monoisotopic (exact) mass is 464 g/mol. The molecular weight excluding hydrogens is 432 g/mol. The number of nitrogens with zero attached hydrogens (tertiary/aromatic N) is 6. The van der Waals surface area contributed by atoms with Crippen LogP contribution in [0.2, 0.25) is 0 Å². The number of benzene rings is 1. The second-order valence-corrected chi connectivity index (χ2v) is 9.04. The van der Waals surface area contributed by atoms with Crippen molar-refractivity contribution in [2.24, 2.45) is 5.92 Å². The fourth-order valence-electron chi connectivity index (χ4n) is 4.91. The average Bonchev–Trinajstić information content (AvgIpc) is 3.52. The summed E-state index contributed by atoms with van der Waals surface area (Å²) in [5, 5.41) is 12.7. The molecule has 5 rings (SSSR count). The lowest BCUT2D eigenvalue weighted by Gasteiger charge is -2.40. The van der Waals surface area contributed by atoms with E-state index in [4.69, 9.17) is 14.2 Å². The Morgan fingerprint density at radius 1 is 1.09 bits per heavy atom. The van der Waals surface area contributed by atoms with Crippen LogP contribution in [0.4, 0.5) is 0 Å². The van der Waals surface area contributed by atoms with Crippen molar-refractivity contribution in [1.29, 1.82) is 0 Å². The lowest BCUT2D eigenvalue weighted by molar-refractivity contribution is 0.0607. The van der Waals surface area contributed by atoms with Crippen molar-refractivity contribution in [2.75, 3.05) is 39.6 Å². The predicted molar refractivity (Wildman–Crippen MR) is 121 cm³/mol. The molecule has 1 aromatic carbocycles. The molecule has 3 aliphatic rings. The number of hydrogen-bond donors (Lipinski definition) is 0. The average molecular weight is 465 g/mol. The summed E-state index contributed by atoms with van der Waals surface area (Å²) < 4.78 is 18.7. The van der Waals surface area contributed by atoms with E-state index in [1.807, 2.05) is 10.7 Å². The standard InChI is InChI=1S/C22H32N6O3.ClH/c1-16(2)21(22-23-24-25-28(22)14-18-4-3-11-29-18)27-9-7-26(8-10-27)13-17-5-6-19-20(12-17)31-15-30-19;/h5-6,12,16,18,21H,3-4,7-11,13-15H2,1-2H3;1H. The first kappa shape index (κ1) is 23.2. The topological polar surface area (TPSA) is 77.8 Å². The summed E-state index contributed by atoms with van der Waals surface area (Å²) in [5.74, 6) is 3.09. The largest absolute Gasteiger partial charge is 0.454 e. The summed E-state index contributed by atoms with van der Waals surface area (Å²) in [5.41, 5.74) is 1.26. The van der Waals surface area contributed by atoms with Crippen molar-refractivity contribution >= 4 is 12.4 Å². The summed E-state index contributed by atoms with van der Waals surface area (Å²) in [6, 6.07) is 6.46. The van der Waals surface area contributed by atoms with Crippen LogP contribution < -0.4 is 9.47 Å². The van der Waals surface area contributed by atoms with E-state index in [0.29, 0.717) is 12.7 Å². The van der Waals surface area contributed by atoms with Crippen molar-refractivity contribution < 1.29 is 14.2 Å². The van der Waals surface area contributed by atoms with E-state index in [9.17, 15) is 0 Å². The third-order valence-corrected chi connectivity index (χ3v) is 6.50. The van der Waals surface area contributed by atoms with Gasteiger partial charge in [0.25, 0.3) is 0 Å². The number of fused-ring (bicyclic) bond motifs is 1. The van der Waals surface area contributed by atoms with Crippen LogP contribution in [0.5, 0.6) is 11.5 Å². The van der Waals surface area contributed by atoms with Gasteiger partial charge in [-0.15, -0.1) is 17.5 Å². The third kappa shape index (κ3) is 5.01. The molecule has 0 bridgehead atoms. The Labute approximate surface area is 195 Å². The van der Waals surface area contributed by atoms with Crippen LogP contribution in [0.3, 0.4) is 0 Å². The zero-order valence-electron chi connectivity index (χ0n) is 18.9. The Hall–Kier alpha value is -1.94. The van der Waals surface area contributed by atoms with E-state index in [1.165, 1.54) is 5.56 Å². The molecule has 176 valence electrons. The van der Waals surface area contributed by atoms with Crippen molar-refractivity contribution in [3.63, 3.8) is 0 Å². The van der Waals surface area contributed by atoms with Gasteiger partial charge in [-0.05, 0) is 46.9 Å². The van der Waals surface area contributed by atoms with E-state index in [1.54, 1.807) is 0 Å². The third-order valence-electron chi connectivity index (χ3n) is 6.50. The first-order chi connectivity index (χ1) is 15.2. The van der Waals surface area contributed by atoms with Crippen molar-refractivity contribution in [2.45, 2.75) is 51.9 Å². The van der Waals surface area contributed by atoms with Gasteiger partial charge >= 0.3 is 0 Å². The maximum Gasteiger partial charge on any atom is 0.231 e. The van der Waals surface area contributed by atoms with E-state index >= 15 is 0 Å². The Balaban J connectivity index is 0.00000245. The molecule has 9 nitrogen and oxygen atoms in total. The van der Waals surface area contributed by atoms with Gasteiger partial charge in [-0.2, -0.15) is 0 Å². The van der Waals surface area contributed by atoms with E-state index in [-0.39, 0.29) is 24.6 Å². The van der Waals surface area contributed by atoms with Gasteiger partial charge < -0.3 is 14.2 Å². The minimum Gasteiger partial charge on any atom is -0.454 e. The quantitative estimate of drug-likeness (QED) is 0.618. The zero-order valence-corrected chi connectivity index (χ0v) is 19.7. The summed E-state index contributed by atoms with van der Waals surface area (Å²) in [6.45, 7) is 11.4. The van der Waals surface area contributed by atoms with Crippen LogP contribution in [-0.2, 0) is 17.8 Å². The number of rotatable bonds is 7. The molecule has 2 unspecified atom stereocenters. The number of tetrazole rings is 1. The molecule has 2 atom stereocenters. The maximum atomic E-state index is 5.81. The highest BCUT2D eigenvalue weighted by Gasteiger charge is 2.32. The molecule has 2 aromatic rings. The smallest absolute Gasteiger partial charge is 0.231 e. The van der Waals surface area contributed by atoms with Crippen LogP contribution in [0.1, 0.15) is 44.1 Å². The molecule has 3 aliphatic heterocycles. The van der Waals surface area contributed by atoms with Crippen LogP contribution in [-0.4, -0.2) is 75.7 Å². The number of halogens is 1. The lowest BCUT2D eigenvalue weighted by atomic mass is 10.0. The molecule has 32 heavy (non-hydrogen) atoms.